The van der Waals surface area contributed by atoms with Gasteiger partial charge in [0.05, 0.1) is 16.9 Å². The predicted octanol–water partition coefficient (Wildman–Crippen LogP) is 1.79. The van der Waals surface area contributed by atoms with Crippen molar-refractivity contribution in [1.82, 2.24) is 4.90 Å². The van der Waals surface area contributed by atoms with Gasteiger partial charge in [-0.3, -0.25) is 9.69 Å². The van der Waals surface area contributed by atoms with Gasteiger partial charge in [-0.05, 0) is 30.7 Å². The van der Waals surface area contributed by atoms with Gasteiger partial charge in [-0.25, -0.2) is 0 Å². The highest BCUT2D eigenvalue weighted by molar-refractivity contribution is 9.10. The van der Waals surface area contributed by atoms with Gasteiger partial charge in [0, 0.05) is 4.47 Å². The van der Waals surface area contributed by atoms with Crippen molar-refractivity contribution in [2.75, 3.05) is 0 Å². The summed E-state index contributed by atoms with van der Waals surface area (Å²) in [7, 11) is 0. The van der Waals surface area contributed by atoms with Crippen LogP contribution in [0.5, 0.6) is 0 Å². The lowest BCUT2D eigenvalue weighted by atomic mass is 10.2. The molecule has 1 aromatic carbocycles. The SMILES string of the molecule is C[C@H](C(=O)[O-])N1C(=O)C(=Cc2ccc(Br)cc2)SC1=S. The van der Waals surface area contributed by atoms with Crippen LogP contribution >= 0.6 is 39.9 Å². The molecule has 4 nitrogen and oxygen atoms in total. The Morgan fingerprint density at radius 2 is 2.05 bits per heavy atom. The number of hydrogen-bond acceptors (Lipinski definition) is 5. The zero-order valence-corrected chi connectivity index (χ0v) is 13.5. The van der Waals surface area contributed by atoms with Crippen LogP contribution in [-0.4, -0.2) is 27.1 Å². The van der Waals surface area contributed by atoms with Crippen molar-refractivity contribution in [2.24, 2.45) is 0 Å². The summed E-state index contributed by atoms with van der Waals surface area (Å²) in [5.74, 6) is -1.73. The van der Waals surface area contributed by atoms with Crippen LogP contribution in [0.25, 0.3) is 6.08 Å². The van der Waals surface area contributed by atoms with Crippen LogP contribution < -0.4 is 5.11 Å². The molecule has 1 aliphatic rings. The average molecular weight is 371 g/mol. The van der Waals surface area contributed by atoms with Gasteiger partial charge in [-0.1, -0.05) is 52.0 Å². The fraction of sp³-hybridized carbons (Fsp3) is 0.154. The molecule has 0 saturated carbocycles. The standard InChI is InChI=1S/C13H10BrNO3S2/c1-7(12(17)18)15-11(16)10(20-13(15)19)6-8-2-4-9(14)5-3-8/h2-7H,1H3,(H,17,18)/p-1/t7-/m1/s1. The molecule has 1 aliphatic heterocycles. The van der Waals surface area contributed by atoms with Crippen LogP contribution in [0.4, 0.5) is 0 Å². The molecule has 1 saturated heterocycles. The smallest absolute Gasteiger partial charge is 0.266 e. The van der Waals surface area contributed by atoms with Gasteiger partial charge in [-0.15, -0.1) is 0 Å². The molecule has 1 heterocycles. The first-order valence-electron chi connectivity index (χ1n) is 5.63. The van der Waals surface area contributed by atoms with Gasteiger partial charge in [0.2, 0.25) is 0 Å². The highest BCUT2D eigenvalue weighted by Crippen LogP contribution is 2.33. The van der Waals surface area contributed by atoms with Crippen LogP contribution in [0.15, 0.2) is 33.6 Å². The molecule has 0 N–H and O–H groups in total. The van der Waals surface area contributed by atoms with Crippen molar-refractivity contribution >= 4 is 62.2 Å². The maximum Gasteiger partial charge on any atom is 0.266 e. The van der Waals surface area contributed by atoms with E-state index < -0.39 is 17.9 Å². The van der Waals surface area contributed by atoms with Crippen molar-refractivity contribution in [3.8, 4) is 0 Å². The molecule has 20 heavy (non-hydrogen) atoms. The summed E-state index contributed by atoms with van der Waals surface area (Å²) in [5, 5.41) is 10.9. The topological polar surface area (TPSA) is 60.4 Å². The molecule has 0 aromatic heterocycles. The van der Waals surface area contributed by atoms with E-state index in [1.165, 1.54) is 6.92 Å². The van der Waals surface area contributed by atoms with E-state index in [4.69, 9.17) is 12.2 Å². The minimum absolute atomic E-state index is 0.232. The van der Waals surface area contributed by atoms with Gasteiger partial charge in [0.25, 0.3) is 5.91 Å². The number of halogens is 1. The minimum atomic E-state index is -1.33. The summed E-state index contributed by atoms with van der Waals surface area (Å²) in [6, 6.07) is 6.34. The molecule has 1 aromatic rings. The minimum Gasteiger partial charge on any atom is -0.548 e. The van der Waals surface area contributed by atoms with Crippen molar-refractivity contribution in [3.63, 3.8) is 0 Å². The molecule has 0 bridgehead atoms. The van der Waals surface area contributed by atoms with E-state index in [9.17, 15) is 14.7 Å². The van der Waals surface area contributed by atoms with Gasteiger partial charge in [0.15, 0.2) is 0 Å². The van der Waals surface area contributed by atoms with Crippen LogP contribution in [0.2, 0.25) is 0 Å². The van der Waals surface area contributed by atoms with Gasteiger partial charge in [-0.2, -0.15) is 0 Å². The number of benzene rings is 1. The molecule has 1 fully saturated rings. The second kappa shape index (κ2) is 6.07. The Labute approximate surface area is 134 Å². The van der Waals surface area contributed by atoms with Gasteiger partial charge < -0.3 is 9.90 Å². The number of carbonyl (C=O) groups excluding carboxylic acids is 2. The molecule has 0 radical (unpaired) electrons. The second-order valence-electron chi connectivity index (χ2n) is 4.10. The number of amides is 1. The molecule has 2 rings (SSSR count). The van der Waals surface area contributed by atoms with Crippen LogP contribution in [-0.2, 0) is 9.59 Å². The fourth-order valence-electron chi connectivity index (χ4n) is 1.63. The van der Waals surface area contributed by atoms with E-state index in [1.807, 2.05) is 24.3 Å². The van der Waals surface area contributed by atoms with E-state index in [0.717, 1.165) is 26.7 Å². The Balaban J connectivity index is 2.28. The summed E-state index contributed by atoms with van der Waals surface area (Å²) in [6.45, 7) is 1.38. The number of aliphatic carboxylic acids is 1. The highest BCUT2D eigenvalue weighted by atomic mass is 79.9. The first-order valence-corrected chi connectivity index (χ1v) is 7.65. The van der Waals surface area contributed by atoms with E-state index in [0.29, 0.717) is 4.91 Å². The third-order valence-electron chi connectivity index (χ3n) is 2.72. The predicted molar refractivity (Wildman–Crippen MR) is 83.6 cm³/mol. The van der Waals surface area contributed by atoms with Crippen molar-refractivity contribution in [3.05, 3.63) is 39.2 Å². The third-order valence-corrected chi connectivity index (χ3v) is 4.58. The highest BCUT2D eigenvalue weighted by Gasteiger charge is 2.35. The van der Waals surface area contributed by atoms with E-state index in [-0.39, 0.29) is 4.32 Å². The van der Waals surface area contributed by atoms with E-state index >= 15 is 0 Å². The molecular weight excluding hydrogens is 362 g/mol. The Hall–Kier alpha value is -1.18. The summed E-state index contributed by atoms with van der Waals surface area (Å²) < 4.78 is 1.17. The lowest BCUT2D eigenvalue weighted by Crippen LogP contribution is -2.48. The van der Waals surface area contributed by atoms with Gasteiger partial charge >= 0.3 is 0 Å². The van der Waals surface area contributed by atoms with Crippen LogP contribution in [0, 0.1) is 0 Å². The quantitative estimate of drug-likeness (QED) is 0.599. The maximum atomic E-state index is 12.2. The number of nitrogens with zero attached hydrogens (tertiary/aromatic N) is 1. The number of carboxylic acid groups (broad SMARTS) is 1. The normalized spacial score (nSPS) is 18.7. The number of thiocarbonyl (C=S) groups is 1. The molecule has 104 valence electrons. The zero-order chi connectivity index (χ0) is 14.9. The fourth-order valence-corrected chi connectivity index (χ4v) is 3.31. The number of thioether (sulfide) groups is 1. The maximum absolute atomic E-state index is 12.2. The van der Waals surface area contributed by atoms with Crippen molar-refractivity contribution in [2.45, 2.75) is 13.0 Å². The Bertz CT molecular complexity index is 613. The van der Waals surface area contributed by atoms with Crippen molar-refractivity contribution in [1.29, 1.82) is 0 Å². The number of carboxylic acids is 1. The molecule has 0 unspecified atom stereocenters. The molecular formula is C13H9BrNO3S2-. The summed E-state index contributed by atoms with van der Waals surface area (Å²) in [4.78, 5) is 24.5. The molecule has 1 atom stereocenters. The Morgan fingerprint density at radius 1 is 1.45 bits per heavy atom. The first kappa shape index (κ1) is 15.2. The van der Waals surface area contributed by atoms with Crippen LogP contribution in [0.3, 0.4) is 0 Å². The number of hydrogen-bond donors (Lipinski definition) is 0. The van der Waals surface area contributed by atoms with Gasteiger partial charge in [0.1, 0.15) is 4.32 Å². The third kappa shape index (κ3) is 3.11. The van der Waals surface area contributed by atoms with Crippen molar-refractivity contribution < 1.29 is 14.7 Å². The number of rotatable bonds is 3. The second-order valence-corrected chi connectivity index (χ2v) is 6.69. The summed E-state index contributed by atoms with van der Waals surface area (Å²) >= 11 is 9.48. The molecule has 1 amide bonds. The average Bonchev–Trinajstić information content (AvgIpc) is 2.66. The first-order chi connectivity index (χ1) is 9.40. The van der Waals surface area contributed by atoms with Crippen LogP contribution in [0.1, 0.15) is 12.5 Å². The lowest BCUT2D eigenvalue weighted by Gasteiger charge is -2.23. The van der Waals surface area contributed by atoms with E-state index in [1.54, 1.807) is 6.08 Å². The molecule has 7 heteroatoms. The largest absolute Gasteiger partial charge is 0.548 e. The zero-order valence-electron chi connectivity index (χ0n) is 10.3. The van der Waals surface area contributed by atoms with E-state index in [2.05, 4.69) is 15.9 Å². The lowest BCUT2D eigenvalue weighted by molar-refractivity contribution is -0.309. The monoisotopic (exact) mass is 370 g/mol. The molecule has 0 spiro atoms. The Morgan fingerprint density at radius 3 is 2.60 bits per heavy atom. The Kier molecular flexibility index (Phi) is 4.62. The summed E-state index contributed by atoms with van der Waals surface area (Å²) in [6.07, 6.45) is 1.69. The number of carbonyl (C=O) groups is 2. The molecule has 0 aliphatic carbocycles. The summed E-state index contributed by atoms with van der Waals surface area (Å²) in [5.41, 5.74) is 0.842.